The number of aromatic nitrogens is 1. The summed E-state index contributed by atoms with van der Waals surface area (Å²) in [6.45, 7) is 1.57. The van der Waals surface area contributed by atoms with Crippen LogP contribution in [-0.2, 0) is 29.5 Å². The molecule has 0 amide bonds. The minimum Gasteiger partial charge on any atom is -0.339 e. The van der Waals surface area contributed by atoms with Crippen molar-refractivity contribution in [1.29, 1.82) is 0 Å². The number of hydrogen-bond donors (Lipinski definition) is 0. The lowest BCUT2D eigenvalue weighted by atomic mass is 10.0. The molecule has 0 bridgehead atoms. The fourth-order valence-electron chi connectivity index (χ4n) is 5.12. The van der Waals surface area contributed by atoms with Crippen molar-refractivity contribution in [2.45, 2.75) is 24.4 Å². The molecule has 2 heterocycles. The molecule has 0 N–H and O–H groups in total. The van der Waals surface area contributed by atoms with Crippen molar-refractivity contribution in [3.8, 4) is 11.1 Å². The Morgan fingerprint density at radius 3 is 2.06 bits per heavy atom. The van der Waals surface area contributed by atoms with E-state index in [4.69, 9.17) is 0 Å². The lowest BCUT2D eigenvalue weighted by Crippen LogP contribution is -2.36. The number of sulfonamides is 1. The van der Waals surface area contributed by atoms with Gasteiger partial charge < -0.3 is 4.57 Å². The lowest BCUT2D eigenvalue weighted by Gasteiger charge is -2.28. The molecule has 0 saturated heterocycles. The molecule has 1 aliphatic rings. The molecule has 0 fully saturated rings. The van der Waals surface area contributed by atoms with Crippen LogP contribution in [0.3, 0.4) is 0 Å². The SMILES string of the molecule is O=S(=O)(c1ccc(-c2ccccc2)cc1)N1CCc2c(n(Cc3ccccc3)c3ccccc23)C1. The Balaban J connectivity index is 1.35. The Morgan fingerprint density at radius 2 is 1.31 bits per heavy atom. The Labute approximate surface area is 206 Å². The summed E-state index contributed by atoms with van der Waals surface area (Å²) in [6.07, 6.45) is 0.707. The molecule has 0 aliphatic carbocycles. The maximum Gasteiger partial charge on any atom is 0.243 e. The van der Waals surface area contributed by atoms with Gasteiger partial charge in [-0.25, -0.2) is 8.42 Å². The van der Waals surface area contributed by atoms with Gasteiger partial charge in [0.2, 0.25) is 10.0 Å². The maximum absolute atomic E-state index is 13.6. The monoisotopic (exact) mass is 478 g/mol. The molecule has 174 valence electrons. The van der Waals surface area contributed by atoms with E-state index in [0.717, 1.165) is 28.9 Å². The van der Waals surface area contributed by atoms with Gasteiger partial charge in [0.05, 0.1) is 11.4 Å². The Kier molecular flexibility index (Phi) is 5.51. The number of nitrogens with zero attached hydrogens (tertiary/aromatic N) is 2. The number of para-hydroxylation sites is 1. The molecule has 0 unspecified atom stereocenters. The summed E-state index contributed by atoms with van der Waals surface area (Å²) in [7, 11) is -3.61. The molecule has 35 heavy (non-hydrogen) atoms. The molecule has 0 saturated carbocycles. The van der Waals surface area contributed by atoms with Crippen LogP contribution in [0.4, 0.5) is 0 Å². The third-order valence-electron chi connectivity index (χ3n) is 6.91. The van der Waals surface area contributed by atoms with Crippen LogP contribution in [0.25, 0.3) is 22.0 Å². The van der Waals surface area contributed by atoms with Crippen molar-refractivity contribution in [3.05, 3.63) is 126 Å². The van der Waals surface area contributed by atoms with E-state index in [0.29, 0.717) is 24.4 Å². The normalized spacial score (nSPS) is 14.2. The summed E-state index contributed by atoms with van der Waals surface area (Å²) in [5, 5.41) is 1.22. The number of hydrogen-bond acceptors (Lipinski definition) is 2. The Bertz CT molecular complexity index is 1590. The van der Waals surface area contributed by atoms with E-state index in [2.05, 4.69) is 41.0 Å². The minimum absolute atomic E-state index is 0.339. The first kappa shape index (κ1) is 21.8. The highest BCUT2D eigenvalue weighted by Crippen LogP contribution is 2.34. The first-order valence-electron chi connectivity index (χ1n) is 11.9. The third-order valence-corrected chi connectivity index (χ3v) is 8.77. The van der Waals surface area contributed by atoms with E-state index >= 15 is 0 Å². The van der Waals surface area contributed by atoms with Gasteiger partial charge in [-0.2, -0.15) is 4.31 Å². The molecule has 5 aromatic rings. The van der Waals surface area contributed by atoms with Gasteiger partial charge in [0.25, 0.3) is 0 Å². The van der Waals surface area contributed by atoms with Crippen molar-refractivity contribution in [2.75, 3.05) is 6.54 Å². The van der Waals surface area contributed by atoms with Crippen molar-refractivity contribution >= 4 is 20.9 Å². The predicted molar refractivity (Wildman–Crippen MR) is 141 cm³/mol. The fourth-order valence-corrected chi connectivity index (χ4v) is 6.52. The standard InChI is InChI=1S/C30H26N2O2S/c33-35(34,26-17-15-25(16-18-26)24-11-5-2-6-12-24)31-20-19-28-27-13-7-8-14-29(27)32(30(28)22-31)21-23-9-3-1-4-10-23/h1-18H,19-22H2. The molecule has 6 rings (SSSR count). The highest BCUT2D eigenvalue weighted by Gasteiger charge is 2.31. The van der Waals surface area contributed by atoms with Crippen LogP contribution in [0, 0.1) is 0 Å². The van der Waals surface area contributed by atoms with Gasteiger partial charge >= 0.3 is 0 Å². The summed E-state index contributed by atoms with van der Waals surface area (Å²) in [6, 6.07) is 36.0. The van der Waals surface area contributed by atoms with E-state index in [1.807, 2.05) is 60.7 Å². The topological polar surface area (TPSA) is 42.3 Å². The second-order valence-corrected chi connectivity index (χ2v) is 10.9. The molecule has 1 aliphatic heterocycles. The van der Waals surface area contributed by atoms with Gasteiger partial charge in [0, 0.05) is 29.7 Å². The smallest absolute Gasteiger partial charge is 0.243 e. The van der Waals surface area contributed by atoms with E-state index in [9.17, 15) is 8.42 Å². The summed E-state index contributed by atoms with van der Waals surface area (Å²) in [5.74, 6) is 0. The van der Waals surface area contributed by atoms with Crippen molar-refractivity contribution in [2.24, 2.45) is 0 Å². The fraction of sp³-hybridized carbons (Fsp3) is 0.133. The van der Waals surface area contributed by atoms with E-state index in [1.54, 1.807) is 16.4 Å². The predicted octanol–water partition coefficient (Wildman–Crippen LogP) is 6.10. The van der Waals surface area contributed by atoms with Gasteiger partial charge in [0.15, 0.2) is 0 Å². The molecule has 0 radical (unpaired) electrons. The lowest BCUT2D eigenvalue weighted by molar-refractivity contribution is 0.381. The second kappa shape index (κ2) is 8.84. The summed E-state index contributed by atoms with van der Waals surface area (Å²) < 4.78 is 31.2. The van der Waals surface area contributed by atoms with Gasteiger partial charge in [-0.3, -0.25) is 0 Å². The summed E-state index contributed by atoms with van der Waals surface area (Å²) in [4.78, 5) is 0.339. The second-order valence-electron chi connectivity index (χ2n) is 8.99. The van der Waals surface area contributed by atoms with Gasteiger partial charge in [0.1, 0.15) is 0 Å². The van der Waals surface area contributed by atoms with Crippen molar-refractivity contribution in [1.82, 2.24) is 8.87 Å². The summed E-state index contributed by atoms with van der Waals surface area (Å²) >= 11 is 0. The van der Waals surface area contributed by atoms with Crippen LogP contribution < -0.4 is 0 Å². The molecular formula is C30H26N2O2S. The van der Waals surface area contributed by atoms with Crippen LogP contribution in [0.1, 0.15) is 16.8 Å². The number of fused-ring (bicyclic) bond motifs is 3. The summed E-state index contributed by atoms with van der Waals surface area (Å²) in [5.41, 5.74) is 6.80. The average molecular weight is 479 g/mol. The molecular weight excluding hydrogens is 452 g/mol. The third kappa shape index (κ3) is 3.97. The Morgan fingerprint density at radius 1 is 0.686 bits per heavy atom. The van der Waals surface area contributed by atoms with E-state index in [1.165, 1.54) is 16.5 Å². The number of benzene rings is 4. The Hall–Kier alpha value is -3.67. The van der Waals surface area contributed by atoms with Crippen LogP contribution in [0.2, 0.25) is 0 Å². The zero-order valence-corrected chi connectivity index (χ0v) is 20.2. The zero-order valence-electron chi connectivity index (χ0n) is 19.3. The molecule has 4 nitrogen and oxygen atoms in total. The minimum atomic E-state index is -3.61. The first-order valence-corrected chi connectivity index (χ1v) is 13.3. The van der Waals surface area contributed by atoms with E-state index in [-0.39, 0.29) is 0 Å². The molecule has 5 heteroatoms. The van der Waals surface area contributed by atoms with E-state index < -0.39 is 10.0 Å². The molecule has 0 atom stereocenters. The van der Waals surface area contributed by atoms with Gasteiger partial charge in [-0.05, 0) is 46.9 Å². The van der Waals surface area contributed by atoms with Crippen LogP contribution in [0.5, 0.6) is 0 Å². The molecule has 4 aromatic carbocycles. The molecule has 0 spiro atoms. The van der Waals surface area contributed by atoms with Crippen LogP contribution in [-0.4, -0.2) is 23.8 Å². The van der Waals surface area contributed by atoms with Gasteiger partial charge in [-0.1, -0.05) is 91.0 Å². The first-order chi connectivity index (χ1) is 17.1. The maximum atomic E-state index is 13.6. The van der Waals surface area contributed by atoms with Crippen molar-refractivity contribution < 1.29 is 8.42 Å². The highest BCUT2D eigenvalue weighted by atomic mass is 32.2. The highest BCUT2D eigenvalue weighted by molar-refractivity contribution is 7.89. The molecule has 1 aromatic heterocycles. The van der Waals surface area contributed by atoms with Gasteiger partial charge in [-0.15, -0.1) is 0 Å². The van der Waals surface area contributed by atoms with Crippen LogP contribution in [0.15, 0.2) is 114 Å². The quantitative estimate of drug-likeness (QED) is 0.306. The van der Waals surface area contributed by atoms with Crippen molar-refractivity contribution in [3.63, 3.8) is 0 Å². The van der Waals surface area contributed by atoms with Crippen LogP contribution >= 0.6 is 0 Å². The number of rotatable bonds is 5. The largest absolute Gasteiger partial charge is 0.339 e. The zero-order chi connectivity index (χ0) is 23.8. The average Bonchev–Trinajstić information content (AvgIpc) is 3.23.